The molecule has 12 heavy (non-hydrogen) atoms. The van der Waals surface area contributed by atoms with E-state index in [4.69, 9.17) is 10.5 Å². The van der Waals surface area contributed by atoms with Gasteiger partial charge in [0, 0.05) is 11.3 Å². The molecular weight excluding hydrogens is 150 g/mol. The van der Waals surface area contributed by atoms with Crippen LogP contribution in [0.4, 0.5) is 5.69 Å². The van der Waals surface area contributed by atoms with Crippen molar-refractivity contribution in [2.45, 2.75) is 25.0 Å². The topological polar surface area (TPSA) is 35.2 Å². The first-order valence-corrected chi connectivity index (χ1v) is 4.40. The van der Waals surface area contributed by atoms with Crippen LogP contribution in [0.1, 0.15) is 36.2 Å². The zero-order chi connectivity index (χ0) is 8.13. The molecule has 2 atom stereocenters. The molecule has 0 saturated carbocycles. The van der Waals surface area contributed by atoms with Crippen LogP contribution in [-0.4, -0.2) is 0 Å². The second-order valence-electron chi connectivity index (χ2n) is 3.54. The zero-order valence-corrected chi connectivity index (χ0v) is 6.79. The molecule has 1 saturated heterocycles. The van der Waals surface area contributed by atoms with Crippen molar-refractivity contribution in [2.75, 3.05) is 5.73 Å². The highest BCUT2D eigenvalue weighted by Gasteiger charge is 2.38. The predicted octanol–water partition coefficient (Wildman–Crippen LogP) is 2.17. The number of anilines is 1. The molecule has 2 nitrogen and oxygen atoms in total. The van der Waals surface area contributed by atoms with Gasteiger partial charge < -0.3 is 10.5 Å². The summed E-state index contributed by atoms with van der Waals surface area (Å²) < 4.78 is 5.74. The van der Waals surface area contributed by atoms with Crippen molar-refractivity contribution in [3.05, 3.63) is 29.3 Å². The maximum Gasteiger partial charge on any atom is 0.0857 e. The summed E-state index contributed by atoms with van der Waals surface area (Å²) in [4.78, 5) is 0. The summed E-state index contributed by atoms with van der Waals surface area (Å²) in [5.41, 5.74) is 9.36. The summed E-state index contributed by atoms with van der Waals surface area (Å²) in [5, 5.41) is 0. The smallest absolute Gasteiger partial charge is 0.0857 e. The average Bonchev–Trinajstić information content (AvgIpc) is 2.64. The van der Waals surface area contributed by atoms with Crippen LogP contribution in [0.2, 0.25) is 0 Å². The number of hydrogen-bond acceptors (Lipinski definition) is 2. The molecule has 1 aromatic carbocycles. The fraction of sp³-hybridized carbons (Fsp3) is 0.400. The Balaban J connectivity index is 2.26. The Hall–Kier alpha value is -1.02. The van der Waals surface area contributed by atoms with E-state index in [1.165, 1.54) is 17.5 Å². The van der Waals surface area contributed by atoms with Crippen LogP contribution >= 0.6 is 0 Å². The van der Waals surface area contributed by atoms with Gasteiger partial charge in [-0.1, -0.05) is 12.1 Å². The Kier molecular flexibility index (Phi) is 1.09. The summed E-state index contributed by atoms with van der Waals surface area (Å²) in [5.74, 6) is 0. The minimum absolute atomic E-state index is 0.297. The van der Waals surface area contributed by atoms with Gasteiger partial charge in [-0.2, -0.15) is 0 Å². The molecule has 2 heterocycles. The van der Waals surface area contributed by atoms with Crippen molar-refractivity contribution in [3.63, 3.8) is 0 Å². The molecule has 2 aliphatic heterocycles. The molecule has 2 heteroatoms. The molecule has 2 N–H and O–H groups in total. The van der Waals surface area contributed by atoms with E-state index in [-0.39, 0.29) is 0 Å². The minimum atomic E-state index is 0.297. The van der Waals surface area contributed by atoms with Gasteiger partial charge in [0.25, 0.3) is 0 Å². The molecule has 0 aliphatic carbocycles. The van der Waals surface area contributed by atoms with Gasteiger partial charge in [-0.05, 0) is 24.5 Å². The fourth-order valence-corrected chi connectivity index (χ4v) is 2.33. The molecule has 0 spiro atoms. The van der Waals surface area contributed by atoms with Gasteiger partial charge in [0.15, 0.2) is 0 Å². The summed E-state index contributed by atoms with van der Waals surface area (Å²) >= 11 is 0. The van der Waals surface area contributed by atoms with Crippen LogP contribution in [0.5, 0.6) is 0 Å². The molecule has 1 fully saturated rings. The lowest BCUT2D eigenvalue weighted by Crippen LogP contribution is -2.01. The first kappa shape index (κ1) is 6.49. The second kappa shape index (κ2) is 2.02. The van der Waals surface area contributed by atoms with Gasteiger partial charge in [0.05, 0.1) is 12.2 Å². The molecule has 0 unspecified atom stereocenters. The third kappa shape index (κ3) is 0.636. The highest BCUT2D eigenvalue weighted by molar-refractivity contribution is 5.55. The number of nitrogens with two attached hydrogens (primary N) is 1. The zero-order valence-electron chi connectivity index (χ0n) is 6.79. The number of hydrogen-bond donors (Lipinski definition) is 1. The largest absolute Gasteiger partial charge is 0.398 e. The molecule has 0 aromatic heterocycles. The first-order valence-electron chi connectivity index (χ1n) is 4.40. The van der Waals surface area contributed by atoms with Crippen LogP contribution < -0.4 is 5.73 Å². The Labute approximate surface area is 71.3 Å². The van der Waals surface area contributed by atoms with Crippen LogP contribution in [0, 0.1) is 0 Å². The van der Waals surface area contributed by atoms with Crippen LogP contribution in [0.15, 0.2) is 18.2 Å². The summed E-state index contributed by atoms with van der Waals surface area (Å²) in [6.45, 7) is 0. The van der Waals surface area contributed by atoms with E-state index in [1.54, 1.807) is 0 Å². The van der Waals surface area contributed by atoms with Gasteiger partial charge in [-0.15, -0.1) is 0 Å². The number of nitrogen functional groups attached to an aromatic ring is 1. The van der Waals surface area contributed by atoms with Gasteiger partial charge in [0.1, 0.15) is 0 Å². The highest BCUT2D eigenvalue weighted by atomic mass is 16.5. The van der Waals surface area contributed by atoms with E-state index < -0.39 is 0 Å². The summed E-state index contributed by atoms with van der Waals surface area (Å²) in [6, 6.07) is 6.11. The average molecular weight is 161 g/mol. The second-order valence-corrected chi connectivity index (χ2v) is 3.54. The van der Waals surface area contributed by atoms with E-state index in [0.29, 0.717) is 12.2 Å². The Morgan fingerprint density at radius 3 is 2.92 bits per heavy atom. The maximum absolute atomic E-state index is 5.88. The SMILES string of the molecule is Nc1cccc2c1[C@H]1CC[C@@H]2O1. The van der Waals surface area contributed by atoms with E-state index in [0.717, 1.165) is 12.1 Å². The number of ether oxygens (including phenoxy) is 1. The standard InChI is InChI=1S/C10H11NO/c11-7-3-1-2-6-8-4-5-9(12-8)10(6)7/h1-3,8-9H,4-5,11H2/t8-,9+/m0/s1. The summed E-state index contributed by atoms with van der Waals surface area (Å²) in [6.07, 6.45) is 2.95. The monoisotopic (exact) mass is 161 g/mol. The Bertz CT molecular complexity index is 335. The van der Waals surface area contributed by atoms with Crippen molar-refractivity contribution in [1.29, 1.82) is 0 Å². The van der Waals surface area contributed by atoms with Crippen molar-refractivity contribution in [3.8, 4) is 0 Å². The van der Waals surface area contributed by atoms with Crippen LogP contribution in [0.3, 0.4) is 0 Å². The fourth-order valence-electron chi connectivity index (χ4n) is 2.33. The van der Waals surface area contributed by atoms with Crippen molar-refractivity contribution >= 4 is 5.69 Å². The van der Waals surface area contributed by atoms with Crippen molar-refractivity contribution in [1.82, 2.24) is 0 Å². The van der Waals surface area contributed by atoms with Gasteiger partial charge >= 0.3 is 0 Å². The Morgan fingerprint density at radius 2 is 2.08 bits per heavy atom. The molecule has 2 aliphatic rings. The third-order valence-electron chi connectivity index (χ3n) is 2.86. The predicted molar refractivity (Wildman–Crippen MR) is 46.7 cm³/mol. The number of benzene rings is 1. The van der Waals surface area contributed by atoms with Gasteiger partial charge in [-0.25, -0.2) is 0 Å². The molecule has 0 radical (unpaired) electrons. The molecule has 1 aromatic rings. The quantitative estimate of drug-likeness (QED) is 0.592. The lowest BCUT2D eigenvalue weighted by molar-refractivity contribution is 0.0719. The van der Waals surface area contributed by atoms with Crippen molar-refractivity contribution < 1.29 is 4.74 Å². The lowest BCUT2D eigenvalue weighted by Gasteiger charge is -2.12. The van der Waals surface area contributed by atoms with E-state index >= 15 is 0 Å². The first-order chi connectivity index (χ1) is 5.86. The lowest BCUT2D eigenvalue weighted by atomic mass is 9.91. The highest BCUT2D eigenvalue weighted by Crippen LogP contribution is 2.52. The van der Waals surface area contributed by atoms with Crippen LogP contribution in [-0.2, 0) is 4.74 Å². The Morgan fingerprint density at radius 1 is 1.25 bits per heavy atom. The van der Waals surface area contributed by atoms with Gasteiger partial charge in [-0.3, -0.25) is 0 Å². The van der Waals surface area contributed by atoms with E-state index in [9.17, 15) is 0 Å². The van der Waals surface area contributed by atoms with E-state index in [1.807, 2.05) is 12.1 Å². The summed E-state index contributed by atoms with van der Waals surface area (Å²) in [7, 11) is 0. The van der Waals surface area contributed by atoms with Gasteiger partial charge in [0.2, 0.25) is 0 Å². The number of fused-ring (bicyclic) bond motifs is 5. The molecule has 2 bridgehead atoms. The molecular formula is C10H11NO. The maximum atomic E-state index is 5.88. The molecule has 0 amide bonds. The number of rotatable bonds is 0. The normalized spacial score (nSPS) is 30.7. The minimum Gasteiger partial charge on any atom is -0.398 e. The van der Waals surface area contributed by atoms with E-state index in [2.05, 4.69) is 6.07 Å². The van der Waals surface area contributed by atoms with Crippen molar-refractivity contribution in [2.24, 2.45) is 0 Å². The third-order valence-corrected chi connectivity index (χ3v) is 2.86. The molecule has 62 valence electrons. The van der Waals surface area contributed by atoms with Crippen LogP contribution in [0.25, 0.3) is 0 Å². The molecule has 3 rings (SSSR count).